The Labute approximate surface area is 96.5 Å². The highest BCUT2D eigenvalue weighted by molar-refractivity contribution is 7.85. The Morgan fingerprint density at radius 1 is 1.27 bits per heavy atom. The third-order valence-corrected chi connectivity index (χ3v) is 5.80. The van der Waals surface area contributed by atoms with Gasteiger partial charge in [0.05, 0.1) is 0 Å². The Balaban J connectivity index is 2.36. The van der Waals surface area contributed by atoms with Crippen LogP contribution in [0.5, 0.6) is 0 Å². The van der Waals surface area contributed by atoms with Crippen LogP contribution in [0.4, 0.5) is 0 Å². The lowest BCUT2D eigenvalue weighted by Crippen LogP contribution is -2.37. The van der Waals surface area contributed by atoms with Gasteiger partial charge in [0.2, 0.25) is 0 Å². The van der Waals surface area contributed by atoms with Crippen molar-refractivity contribution in [3.05, 3.63) is 0 Å². The largest absolute Gasteiger partial charge is 0.327 e. The second kappa shape index (κ2) is 6.00. The Kier molecular flexibility index (Phi) is 5.27. The molecule has 90 valence electrons. The number of rotatable bonds is 5. The summed E-state index contributed by atoms with van der Waals surface area (Å²) in [4.78, 5) is 0. The molecule has 0 aromatic carbocycles. The molecule has 1 fully saturated rings. The summed E-state index contributed by atoms with van der Waals surface area (Å²) in [6.45, 7) is 6.33. The Morgan fingerprint density at radius 2 is 1.80 bits per heavy atom. The van der Waals surface area contributed by atoms with Gasteiger partial charge >= 0.3 is 0 Å². The molecule has 3 atom stereocenters. The highest BCUT2D eigenvalue weighted by Crippen LogP contribution is 2.27. The molecule has 15 heavy (non-hydrogen) atoms. The molecule has 3 unspecified atom stereocenters. The molecular formula is C12H25NOS. The number of nitrogens with two attached hydrogens (primary N) is 1. The van der Waals surface area contributed by atoms with Crippen LogP contribution < -0.4 is 5.73 Å². The summed E-state index contributed by atoms with van der Waals surface area (Å²) in [6.07, 6.45) is 5.11. The van der Waals surface area contributed by atoms with Gasteiger partial charge in [-0.05, 0) is 24.7 Å². The van der Waals surface area contributed by atoms with Crippen molar-refractivity contribution >= 4 is 10.8 Å². The first-order valence-electron chi connectivity index (χ1n) is 6.15. The molecule has 1 aliphatic carbocycles. The van der Waals surface area contributed by atoms with E-state index in [1.807, 2.05) is 0 Å². The van der Waals surface area contributed by atoms with E-state index in [0.29, 0.717) is 17.6 Å². The number of hydrogen-bond acceptors (Lipinski definition) is 2. The molecule has 1 rings (SSSR count). The molecule has 0 amide bonds. The lowest BCUT2D eigenvalue weighted by molar-refractivity contribution is 0.458. The minimum absolute atomic E-state index is 0.162. The smallest absolute Gasteiger partial charge is 0.0392 e. The van der Waals surface area contributed by atoms with E-state index in [-0.39, 0.29) is 11.3 Å². The van der Waals surface area contributed by atoms with Crippen molar-refractivity contribution in [3.8, 4) is 0 Å². The predicted molar refractivity (Wildman–Crippen MR) is 67.2 cm³/mol. The van der Waals surface area contributed by atoms with Crippen LogP contribution in [0, 0.1) is 11.8 Å². The first kappa shape index (κ1) is 13.2. The van der Waals surface area contributed by atoms with Crippen LogP contribution in [-0.4, -0.2) is 21.3 Å². The molecule has 2 N–H and O–H groups in total. The molecule has 0 heterocycles. The van der Waals surface area contributed by atoms with E-state index in [4.69, 9.17) is 5.73 Å². The fourth-order valence-electron chi connectivity index (χ4n) is 2.17. The van der Waals surface area contributed by atoms with E-state index < -0.39 is 10.8 Å². The highest BCUT2D eigenvalue weighted by atomic mass is 32.2. The zero-order chi connectivity index (χ0) is 11.4. The molecule has 0 aromatic rings. The summed E-state index contributed by atoms with van der Waals surface area (Å²) in [5.74, 6) is 1.82. The SMILES string of the molecule is CC(C)C(C)S(=O)CC(N)C1CCCC1. The zero-order valence-electron chi connectivity index (χ0n) is 10.2. The van der Waals surface area contributed by atoms with E-state index in [1.165, 1.54) is 25.7 Å². The van der Waals surface area contributed by atoms with E-state index >= 15 is 0 Å². The van der Waals surface area contributed by atoms with Gasteiger partial charge in [0.15, 0.2) is 0 Å². The summed E-state index contributed by atoms with van der Waals surface area (Å²) in [7, 11) is -0.746. The molecule has 0 radical (unpaired) electrons. The van der Waals surface area contributed by atoms with E-state index in [0.717, 1.165) is 0 Å². The molecule has 0 saturated heterocycles. The van der Waals surface area contributed by atoms with Crippen LogP contribution >= 0.6 is 0 Å². The fourth-order valence-corrected chi connectivity index (χ4v) is 3.73. The fraction of sp³-hybridized carbons (Fsp3) is 1.00. The first-order chi connectivity index (χ1) is 7.02. The van der Waals surface area contributed by atoms with Crippen molar-refractivity contribution in [1.82, 2.24) is 0 Å². The van der Waals surface area contributed by atoms with Gasteiger partial charge in [-0.25, -0.2) is 0 Å². The molecule has 1 aliphatic rings. The van der Waals surface area contributed by atoms with Crippen molar-refractivity contribution < 1.29 is 4.21 Å². The van der Waals surface area contributed by atoms with Gasteiger partial charge in [0.25, 0.3) is 0 Å². The lowest BCUT2D eigenvalue weighted by Gasteiger charge is -2.22. The van der Waals surface area contributed by atoms with Crippen LogP contribution in [-0.2, 0) is 10.8 Å². The maximum Gasteiger partial charge on any atom is 0.0392 e. The number of hydrogen-bond donors (Lipinski definition) is 1. The van der Waals surface area contributed by atoms with Gasteiger partial charge in [0, 0.05) is 27.8 Å². The molecule has 1 saturated carbocycles. The Morgan fingerprint density at radius 3 is 2.27 bits per heavy atom. The summed E-state index contributed by atoms with van der Waals surface area (Å²) in [6, 6.07) is 0.162. The zero-order valence-corrected chi connectivity index (χ0v) is 11.1. The van der Waals surface area contributed by atoms with Crippen molar-refractivity contribution in [2.24, 2.45) is 17.6 Å². The van der Waals surface area contributed by atoms with Gasteiger partial charge in [-0.1, -0.05) is 33.6 Å². The quantitative estimate of drug-likeness (QED) is 0.789. The van der Waals surface area contributed by atoms with Crippen molar-refractivity contribution in [1.29, 1.82) is 0 Å². The molecule has 0 aromatic heterocycles. The van der Waals surface area contributed by atoms with Crippen LogP contribution in [0.3, 0.4) is 0 Å². The normalized spacial score (nSPS) is 24.3. The molecule has 2 nitrogen and oxygen atoms in total. The second-order valence-corrected chi connectivity index (χ2v) is 7.04. The molecule has 0 spiro atoms. The van der Waals surface area contributed by atoms with E-state index in [9.17, 15) is 4.21 Å². The summed E-state index contributed by atoms with van der Waals surface area (Å²) in [5.41, 5.74) is 6.12. The lowest BCUT2D eigenvalue weighted by atomic mass is 10.0. The second-order valence-electron chi connectivity index (χ2n) is 5.20. The van der Waals surface area contributed by atoms with Crippen molar-refractivity contribution in [3.63, 3.8) is 0 Å². The van der Waals surface area contributed by atoms with Gasteiger partial charge in [-0.3, -0.25) is 4.21 Å². The van der Waals surface area contributed by atoms with Gasteiger partial charge in [-0.2, -0.15) is 0 Å². The maximum atomic E-state index is 12.0. The Hall–Kier alpha value is 0.110. The van der Waals surface area contributed by atoms with Crippen LogP contribution in [0.1, 0.15) is 46.5 Å². The van der Waals surface area contributed by atoms with Gasteiger partial charge in [0.1, 0.15) is 0 Å². The minimum atomic E-state index is -0.746. The molecule has 0 aliphatic heterocycles. The van der Waals surface area contributed by atoms with Crippen molar-refractivity contribution in [2.75, 3.05) is 5.75 Å². The van der Waals surface area contributed by atoms with E-state index in [1.54, 1.807) is 0 Å². The predicted octanol–water partition coefficient (Wildman–Crippen LogP) is 2.30. The summed E-state index contributed by atoms with van der Waals surface area (Å²) in [5, 5.41) is 0.275. The minimum Gasteiger partial charge on any atom is -0.327 e. The topological polar surface area (TPSA) is 43.1 Å². The standard InChI is InChI=1S/C12H25NOS/c1-9(2)10(3)15(14)8-12(13)11-6-4-5-7-11/h9-12H,4-8,13H2,1-3H3. The van der Waals surface area contributed by atoms with Gasteiger partial charge in [-0.15, -0.1) is 0 Å². The van der Waals surface area contributed by atoms with Crippen LogP contribution in [0.15, 0.2) is 0 Å². The molecule has 3 heteroatoms. The monoisotopic (exact) mass is 231 g/mol. The average Bonchev–Trinajstić information content (AvgIpc) is 2.68. The van der Waals surface area contributed by atoms with E-state index in [2.05, 4.69) is 20.8 Å². The molecular weight excluding hydrogens is 206 g/mol. The van der Waals surface area contributed by atoms with Gasteiger partial charge < -0.3 is 5.73 Å². The third kappa shape index (κ3) is 3.87. The first-order valence-corrected chi connectivity index (χ1v) is 7.53. The van der Waals surface area contributed by atoms with Crippen LogP contribution in [0.2, 0.25) is 0 Å². The summed E-state index contributed by atoms with van der Waals surface area (Å²) >= 11 is 0. The Bertz CT molecular complexity index is 212. The van der Waals surface area contributed by atoms with Crippen LogP contribution in [0.25, 0.3) is 0 Å². The van der Waals surface area contributed by atoms with Crippen molar-refractivity contribution in [2.45, 2.75) is 57.7 Å². The maximum absolute atomic E-state index is 12.0. The average molecular weight is 231 g/mol. The highest BCUT2D eigenvalue weighted by Gasteiger charge is 2.25. The summed E-state index contributed by atoms with van der Waals surface area (Å²) < 4.78 is 12.0. The molecule has 0 bridgehead atoms. The third-order valence-electron chi connectivity index (χ3n) is 3.72.